The maximum Gasteiger partial charge on any atom is 0.163 e. The van der Waals surface area contributed by atoms with Crippen LogP contribution in [-0.4, -0.2) is 19.8 Å². The van der Waals surface area contributed by atoms with Crippen molar-refractivity contribution in [3.8, 4) is 17.2 Å². The molecule has 4 heterocycles. The van der Waals surface area contributed by atoms with E-state index in [4.69, 9.17) is 14.4 Å². The van der Waals surface area contributed by atoms with Crippen molar-refractivity contribution in [2.75, 3.05) is 0 Å². The predicted octanol–water partition coefficient (Wildman–Crippen LogP) is 10.6. The quantitative estimate of drug-likeness (QED) is 0.187. The Labute approximate surface area is 261 Å². The number of furan rings is 1. The molecule has 3 aromatic heterocycles. The van der Waals surface area contributed by atoms with Gasteiger partial charge in [0.1, 0.15) is 11.4 Å². The zero-order valence-electron chi connectivity index (χ0n) is 23.9. The molecule has 0 spiro atoms. The number of allylic oxidation sites excluding steroid dienone is 3. The van der Waals surface area contributed by atoms with Gasteiger partial charge in [-0.05, 0) is 46.7 Å². The van der Waals surface area contributed by atoms with Gasteiger partial charge in [-0.15, -0.1) is 11.8 Å². The van der Waals surface area contributed by atoms with Crippen LogP contribution >= 0.6 is 11.8 Å². The molecule has 210 valence electrons. The molecule has 2 aliphatic rings. The molecule has 0 saturated carbocycles. The molecule has 5 heteroatoms. The number of aromatic nitrogens is 3. The van der Waals surface area contributed by atoms with Gasteiger partial charge in [-0.25, -0.2) is 9.97 Å². The third-order valence-electron chi connectivity index (χ3n) is 9.68. The molecule has 1 aliphatic carbocycles. The fourth-order valence-electron chi connectivity index (χ4n) is 7.74. The zero-order valence-corrected chi connectivity index (χ0v) is 24.8. The van der Waals surface area contributed by atoms with Crippen LogP contribution in [0.2, 0.25) is 0 Å². The van der Waals surface area contributed by atoms with Crippen LogP contribution in [0, 0.1) is 0 Å². The summed E-state index contributed by atoms with van der Waals surface area (Å²) in [6.07, 6.45) is 8.96. The van der Waals surface area contributed by atoms with Crippen molar-refractivity contribution in [3.05, 3.63) is 133 Å². The topological polar surface area (TPSA) is 43.9 Å². The number of benzene rings is 6. The Balaban J connectivity index is 1.29. The molecule has 0 bridgehead atoms. The smallest absolute Gasteiger partial charge is 0.163 e. The van der Waals surface area contributed by atoms with E-state index in [0.717, 1.165) is 61.1 Å². The normalized spacial score (nSPS) is 17.5. The van der Waals surface area contributed by atoms with Crippen molar-refractivity contribution in [1.29, 1.82) is 0 Å². The molecule has 0 amide bonds. The van der Waals surface area contributed by atoms with Crippen molar-refractivity contribution >= 4 is 77.2 Å². The Morgan fingerprint density at radius 3 is 2.51 bits per heavy atom. The molecule has 4 nitrogen and oxygen atoms in total. The molecule has 11 rings (SSSR count). The number of rotatable bonds is 2. The molecule has 2 atom stereocenters. The van der Waals surface area contributed by atoms with Gasteiger partial charge in [-0.3, -0.25) is 4.57 Å². The van der Waals surface area contributed by atoms with Crippen LogP contribution in [0.15, 0.2) is 137 Å². The fraction of sp³-hybridized carbons (Fsp3) is 0.0500. The lowest BCUT2D eigenvalue weighted by atomic mass is 9.91. The molecule has 45 heavy (non-hydrogen) atoms. The van der Waals surface area contributed by atoms with Gasteiger partial charge in [-0.1, -0.05) is 97.1 Å². The Bertz CT molecular complexity index is 2770. The van der Waals surface area contributed by atoms with Crippen LogP contribution in [-0.2, 0) is 0 Å². The minimum Gasteiger partial charge on any atom is -0.454 e. The summed E-state index contributed by atoms with van der Waals surface area (Å²) >= 11 is 1.92. The van der Waals surface area contributed by atoms with Gasteiger partial charge in [0.15, 0.2) is 11.4 Å². The van der Waals surface area contributed by atoms with Crippen LogP contribution in [0.3, 0.4) is 0 Å². The first-order valence-corrected chi connectivity index (χ1v) is 16.2. The van der Waals surface area contributed by atoms with Crippen molar-refractivity contribution in [3.63, 3.8) is 0 Å². The maximum atomic E-state index is 6.71. The number of fused-ring (bicyclic) bond motifs is 8. The summed E-state index contributed by atoms with van der Waals surface area (Å²) in [5.41, 5.74) is 7.30. The summed E-state index contributed by atoms with van der Waals surface area (Å²) in [5, 5.41) is 8.49. The number of hydrogen-bond acceptors (Lipinski definition) is 4. The van der Waals surface area contributed by atoms with E-state index in [1.807, 2.05) is 17.8 Å². The highest BCUT2D eigenvalue weighted by Gasteiger charge is 2.33. The minimum absolute atomic E-state index is 0.375. The van der Waals surface area contributed by atoms with Gasteiger partial charge >= 0.3 is 0 Å². The monoisotopic (exact) mass is 593 g/mol. The van der Waals surface area contributed by atoms with Crippen molar-refractivity contribution < 1.29 is 4.42 Å². The highest BCUT2D eigenvalue weighted by molar-refractivity contribution is 8.00. The Morgan fingerprint density at radius 1 is 0.689 bits per heavy atom. The zero-order chi connectivity index (χ0) is 29.2. The second-order valence-corrected chi connectivity index (χ2v) is 13.3. The summed E-state index contributed by atoms with van der Waals surface area (Å²) in [7, 11) is 0. The first kappa shape index (κ1) is 24.0. The highest BCUT2D eigenvalue weighted by Crippen LogP contribution is 2.52. The van der Waals surface area contributed by atoms with E-state index in [-0.39, 0.29) is 0 Å². The second kappa shape index (κ2) is 8.62. The van der Waals surface area contributed by atoms with Crippen LogP contribution in [0.5, 0.6) is 0 Å². The summed E-state index contributed by atoms with van der Waals surface area (Å²) < 4.78 is 9.05. The van der Waals surface area contributed by atoms with E-state index >= 15 is 0 Å². The molecular formula is C40H23N3OS. The molecule has 2 unspecified atom stereocenters. The van der Waals surface area contributed by atoms with E-state index in [9.17, 15) is 0 Å². The molecule has 0 fully saturated rings. The van der Waals surface area contributed by atoms with Crippen LogP contribution in [0.25, 0.3) is 82.6 Å². The summed E-state index contributed by atoms with van der Waals surface area (Å²) in [6.45, 7) is 0. The molecule has 0 saturated heterocycles. The lowest BCUT2D eigenvalue weighted by Crippen LogP contribution is -2.06. The lowest BCUT2D eigenvalue weighted by molar-refractivity contribution is 0.671. The van der Waals surface area contributed by atoms with E-state index < -0.39 is 0 Å². The number of nitrogens with zero attached hydrogens (tertiary/aromatic N) is 3. The SMILES string of the molecule is C1=CC2Sc3c(-c4nc(-n5c6cccc7ccc8cc9c%10ccccc%10oc9c5c8c76)c5ccccc5n4)cccc3C2C=C1. The average Bonchev–Trinajstić information content (AvgIpc) is 3.77. The predicted molar refractivity (Wildman–Crippen MR) is 186 cm³/mol. The first-order chi connectivity index (χ1) is 22.3. The average molecular weight is 594 g/mol. The summed E-state index contributed by atoms with van der Waals surface area (Å²) in [4.78, 5) is 12.0. The van der Waals surface area contributed by atoms with Gasteiger partial charge in [0.2, 0.25) is 0 Å². The van der Waals surface area contributed by atoms with E-state index in [0.29, 0.717) is 11.2 Å². The van der Waals surface area contributed by atoms with E-state index in [2.05, 4.69) is 126 Å². The summed E-state index contributed by atoms with van der Waals surface area (Å²) in [6, 6.07) is 36.6. The van der Waals surface area contributed by atoms with E-state index in [1.165, 1.54) is 32.0 Å². The van der Waals surface area contributed by atoms with Crippen LogP contribution < -0.4 is 0 Å². The number of para-hydroxylation sites is 2. The van der Waals surface area contributed by atoms with Gasteiger partial charge in [-0.2, -0.15) is 0 Å². The number of hydrogen-bond donors (Lipinski definition) is 0. The standard InChI is InChI=1S/C40H23N3OS/c1-4-15-30-27(12-1)40(42-39(41-30)28-14-8-13-26-25-11-3-6-18-33(25)45-38(26)28)43-31-16-7-9-22-19-20-23-21-29-24-10-2-5-17-32(24)44-37(29)36(43)35(23)34(22)31/h1-21,25,33H. The van der Waals surface area contributed by atoms with Gasteiger partial charge in [0.25, 0.3) is 0 Å². The molecule has 6 aromatic carbocycles. The van der Waals surface area contributed by atoms with Crippen molar-refractivity contribution in [1.82, 2.24) is 14.5 Å². The van der Waals surface area contributed by atoms with Crippen LogP contribution in [0.4, 0.5) is 0 Å². The van der Waals surface area contributed by atoms with Gasteiger partial charge < -0.3 is 4.42 Å². The van der Waals surface area contributed by atoms with Gasteiger partial charge in [0.05, 0.1) is 16.6 Å². The Kier molecular flexibility index (Phi) is 4.59. The lowest BCUT2D eigenvalue weighted by Gasteiger charge is -2.14. The first-order valence-electron chi connectivity index (χ1n) is 15.3. The minimum atomic E-state index is 0.375. The fourth-order valence-corrected chi connectivity index (χ4v) is 9.19. The second-order valence-electron chi connectivity index (χ2n) is 12.1. The molecular weight excluding hydrogens is 571 g/mol. The molecule has 1 aliphatic heterocycles. The molecule has 0 radical (unpaired) electrons. The number of thioether (sulfide) groups is 1. The Hall–Kier alpha value is -5.39. The van der Waals surface area contributed by atoms with Crippen molar-refractivity contribution in [2.45, 2.75) is 16.1 Å². The largest absolute Gasteiger partial charge is 0.454 e. The third-order valence-corrected chi connectivity index (χ3v) is 11.1. The third kappa shape index (κ3) is 3.13. The highest BCUT2D eigenvalue weighted by atomic mass is 32.2. The Morgan fingerprint density at radius 2 is 1.53 bits per heavy atom. The molecule has 0 N–H and O–H groups in total. The van der Waals surface area contributed by atoms with E-state index in [1.54, 1.807) is 0 Å². The maximum absolute atomic E-state index is 6.71. The van der Waals surface area contributed by atoms with Crippen molar-refractivity contribution in [2.24, 2.45) is 0 Å². The molecule has 9 aromatic rings. The van der Waals surface area contributed by atoms with Gasteiger partial charge in [0, 0.05) is 48.6 Å². The van der Waals surface area contributed by atoms with Crippen LogP contribution in [0.1, 0.15) is 11.5 Å². The summed E-state index contributed by atoms with van der Waals surface area (Å²) in [5.74, 6) is 1.99.